The molecule has 18 heavy (non-hydrogen) atoms. The van der Waals surface area contributed by atoms with Crippen LogP contribution < -0.4 is 10.1 Å². The van der Waals surface area contributed by atoms with Gasteiger partial charge < -0.3 is 10.1 Å². The monoisotopic (exact) mass is 353 g/mol. The summed E-state index contributed by atoms with van der Waals surface area (Å²) < 4.78 is 6.17. The van der Waals surface area contributed by atoms with Crippen molar-refractivity contribution in [2.45, 2.75) is 0 Å². The fourth-order valence-electron chi connectivity index (χ4n) is 1.53. The largest absolute Gasteiger partial charge is 0.497 e. The van der Waals surface area contributed by atoms with Gasteiger partial charge in [-0.25, -0.2) is 0 Å². The van der Waals surface area contributed by atoms with Gasteiger partial charge in [0.1, 0.15) is 5.75 Å². The van der Waals surface area contributed by atoms with E-state index in [9.17, 15) is 4.79 Å². The average molecular weight is 353 g/mol. The summed E-state index contributed by atoms with van der Waals surface area (Å²) in [5.41, 5.74) is 1.36. The number of amides is 1. The fourth-order valence-corrected chi connectivity index (χ4v) is 2.08. The average Bonchev–Trinajstić information content (AvgIpc) is 2.39. The van der Waals surface area contributed by atoms with Crippen LogP contribution in [0, 0.1) is 3.57 Å². The van der Waals surface area contributed by atoms with E-state index in [-0.39, 0.29) is 5.91 Å². The smallest absolute Gasteiger partial charge is 0.255 e. The Morgan fingerprint density at radius 1 is 1.17 bits per heavy atom. The number of halogens is 1. The molecule has 3 nitrogen and oxygen atoms in total. The van der Waals surface area contributed by atoms with Crippen molar-refractivity contribution in [3.05, 3.63) is 57.7 Å². The summed E-state index contributed by atoms with van der Waals surface area (Å²) in [7, 11) is 1.58. The minimum absolute atomic E-state index is 0.143. The van der Waals surface area contributed by atoms with Crippen LogP contribution in [0.25, 0.3) is 0 Å². The van der Waals surface area contributed by atoms with Crippen LogP contribution in [0.5, 0.6) is 5.75 Å². The van der Waals surface area contributed by atoms with Crippen LogP contribution >= 0.6 is 22.6 Å². The van der Waals surface area contributed by atoms with Crippen molar-refractivity contribution in [3.8, 4) is 5.75 Å². The summed E-state index contributed by atoms with van der Waals surface area (Å²) >= 11 is 2.21. The third kappa shape index (κ3) is 3.22. The maximum absolute atomic E-state index is 12.0. The molecule has 4 heteroatoms. The van der Waals surface area contributed by atoms with Gasteiger partial charge in [0.2, 0.25) is 0 Å². The predicted octanol–water partition coefficient (Wildman–Crippen LogP) is 3.55. The lowest BCUT2D eigenvalue weighted by Gasteiger charge is -2.07. The normalized spacial score (nSPS) is 9.89. The first kappa shape index (κ1) is 12.9. The second-order valence-corrected chi connectivity index (χ2v) is 4.94. The minimum Gasteiger partial charge on any atom is -0.497 e. The molecule has 1 N–H and O–H groups in total. The van der Waals surface area contributed by atoms with Crippen molar-refractivity contribution in [2.75, 3.05) is 12.4 Å². The summed E-state index contributed by atoms with van der Waals surface area (Å²) in [6.07, 6.45) is 0. The van der Waals surface area contributed by atoms with Gasteiger partial charge >= 0.3 is 0 Å². The van der Waals surface area contributed by atoms with E-state index in [1.54, 1.807) is 25.3 Å². The van der Waals surface area contributed by atoms with Crippen molar-refractivity contribution in [1.82, 2.24) is 0 Å². The van der Waals surface area contributed by atoms with Crippen LogP contribution in [0.2, 0.25) is 0 Å². The summed E-state index contributed by atoms with van der Waals surface area (Å²) in [4.78, 5) is 12.0. The first-order chi connectivity index (χ1) is 8.69. The van der Waals surface area contributed by atoms with Gasteiger partial charge in [0, 0.05) is 14.8 Å². The van der Waals surface area contributed by atoms with Crippen LogP contribution in [0.4, 0.5) is 5.69 Å². The molecule has 0 saturated heterocycles. The fraction of sp³-hybridized carbons (Fsp3) is 0.0714. The van der Waals surface area contributed by atoms with Gasteiger partial charge in [-0.1, -0.05) is 12.1 Å². The molecule has 2 aromatic rings. The van der Waals surface area contributed by atoms with Crippen LogP contribution in [-0.4, -0.2) is 13.0 Å². The number of ether oxygens (including phenoxy) is 1. The highest BCUT2D eigenvalue weighted by atomic mass is 127. The van der Waals surface area contributed by atoms with E-state index in [4.69, 9.17) is 4.74 Å². The molecule has 0 spiro atoms. The van der Waals surface area contributed by atoms with Crippen molar-refractivity contribution in [3.63, 3.8) is 0 Å². The molecule has 0 aliphatic carbocycles. The van der Waals surface area contributed by atoms with Gasteiger partial charge in [-0.15, -0.1) is 0 Å². The summed E-state index contributed by atoms with van der Waals surface area (Å²) in [5.74, 6) is 0.529. The van der Waals surface area contributed by atoms with Crippen LogP contribution in [0.3, 0.4) is 0 Å². The molecule has 0 unspecified atom stereocenters. The molecule has 2 aromatic carbocycles. The van der Waals surface area contributed by atoms with E-state index in [1.165, 1.54) is 0 Å². The van der Waals surface area contributed by atoms with Gasteiger partial charge in [0.15, 0.2) is 0 Å². The van der Waals surface area contributed by atoms with Crippen molar-refractivity contribution in [1.29, 1.82) is 0 Å². The van der Waals surface area contributed by atoms with Crippen molar-refractivity contribution < 1.29 is 9.53 Å². The Morgan fingerprint density at radius 2 is 1.94 bits per heavy atom. The van der Waals surface area contributed by atoms with Gasteiger partial charge in [0.05, 0.1) is 7.11 Å². The maximum atomic E-state index is 12.0. The molecule has 0 saturated carbocycles. The first-order valence-electron chi connectivity index (χ1n) is 5.40. The first-order valence-corrected chi connectivity index (χ1v) is 6.48. The highest BCUT2D eigenvalue weighted by Crippen LogP contribution is 2.16. The molecule has 0 atom stereocenters. The molecule has 0 bridgehead atoms. The summed E-state index contributed by atoms with van der Waals surface area (Å²) in [6, 6.07) is 14.7. The molecule has 0 aliphatic rings. The van der Waals surface area contributed by atoms with Gasteiger partial charge in [-0.2, -0.15) is 0 Å². The Morgan fingerprint density at radius 3 is 2.67 bits per heavy atom. The zero-order valence-corrected chi connectivity index (χ0v) is 12.0. The van der Waals surface area contributed by atoms with Crippen molar-refractivity contribution in [2.24, 2.45) is 0 Å². The number of rotatable bonds is 3. The Hall–Kier alpha value is -1.56. The predicted molar refractivity (Wildman–Crippen MR) is 80.1 cm³/mol. The lowest BCUT2D eigenvalue weighted by atomic mass is 10.2. The molecule has 2 rings (SSSR count). The molecule has 0 aliphatic heterocycles. The quantitative estimate of drug-likeness (QED) is 0.857. The molecule has 0 radical (unpaired) electrons. The van der Waals surface area contributed by atoms with E-state index in [1.807, 2.05) is 30.3 Å². The minimum atomic E-state index is -0.143. The van der Waals surface area contributed by atoms with E-state index in [2.05, 4.69) is 27.9 Å². The molecule has 92 valence electrons. The lowest BCUT2D eigenvalue weighted by molar-refractivity contribution is 0.102. The maximum Gasteiger partial charge on any atom is 0.255 e. The molecule has 0 fully saturated rings. The zero-order valence-electron chi connectivity index (χ0n) is 9.81. The Kier molecular flexibility index (Phi) is 4.19. The van der Waals surface area contributed by atoms with E-state index in [0.717, 1.165) is 9.26 Å². The SMILES string of the molecule is COc1cccc(C(=O)Nc2cccc(I)c2)c1. The van der Waals surface area contributed by atoms with Crippen LogP contribution in [0.1, 0.15) is 10.4 Å². The number of methoxy groups -OCH3 is 1. The highest BCUT2D eigenvalue weighted by molar-refractivity contribution is 14.1. The summed E-state index contributed by atoms with van der Waals surface area (Å²) in [6.45, 7) is 0. The third-order valence-electron chi connectivity index (χ3n) is 2.41. The van der Waals surface area contributed by atoms with Crippen LogP contribution in [-0.2, 0) is 0 Å². The Bertz CT molecular complexity index is 569. The lowest BCUT2D eigenvalue weighted by Crippen LogP contribution is -2.11. The van der Waals surface area contributed by atoms with E-state index >= 15 is 0 Å². The number of nitrogens with one attached hydrogen (secondary N) is 1. The van der Waals surface area contributed by atoms with Gasteiger partial charge in [-0.3, -0.25) is 4.79 Å². The van der Waals surface area contributed by atoms with E-state index in [0.29, 0.717) is 11.3 Å². The number of hydrogen-bond donors (Lipinski definition) is 1. The number of anilines is 1. The Balaban J connectivity index is 2.16. The standard InChI is InChI=1S/C14H12INO2/c1-18-13-7-2-4-10(8-13)14(17)16-12-6-3-5-11(15)9-12/h2-9H,1H3,(H,16,17). The van der Waals surface area contributed by atoms with E-state index < -0.39 is 0 Å². The molecule has 0 heterocycles. The molecular formula is C14H12INO2. The second kappa shape index (κ2) is 5.86. The van der Waals surface area contributed by atoms with Gasteiger partial charge in [0.25, 0.3) is 5.91 Å². The molecular weight excluding hydrogens is 341 g/mol. The van der Waals surface area contributed by atoms with Gasteiger partial charge in [-0.05, 0) is 59.0 Å². The number of carbonyl (C=O) groups is 1. The summed E-state index contributed by atoms with van der Waals surface area (Å²) in [5, 5.41) is 2.85. The number of hydrogen-bond acceptors (Lipinski definition) is 2. The van der Waals surface area contributed by atoms with Crippen molar-refractivity contribution >= 4 is 34.2 Å². The highest BCUT2D eigenvalue weighted by Gasteiger charge is 2.07. The molecule has 0 aromatic heterocycles. The third-order valence-corrected chi connectivity index (χ3v) is 3.09. The second-order valence-electron chi connectivity index (χ2n) is 3.70. The number of carbonyl (C=O) groups excluding carboxylic acids is 1. The zero-order chi connectivity index (χ0) is 13.0. The Labute approximate surface area is 119 Å². The van der Waals surface area contributed by atoms with Crippen LogP contribution in [0.15, 0.2) is 48.5 Å². The molecule has 1 amide bonds. The number of benzene rings is 2. The topological polar surface area (TPSA) is 38.3 Å².